The zero-order valence-electron chi connectivity index (χ0n) is 20.9. The molecular weight excluding hydrogens is 504 g/mol. The standard InChI is InChI=1S/C29H25F2N5OS/c1-3-22-25-27(36(35-22)20-13-9-6-10-14-20)33-26(18-11-7-5-8-12-18)34-29(25)38-24(4-2)28(37)32-23-16-15-19(30)17-21(23)31/h5-17,24H,3-4H2,1-2H3,(H,32,37)/t24-/m1/s1. The Bertz CT molecular complexity index is 1590. The van der Waals surface area contributed by atoms with Gasteiger partial charge >= 0.3 is 0 Å². The van der Waals surface area contributed by atoms with Gasteiger partial charge in [-0.1, -0.05) is 74.1 Å². The second-order valence-corrected chi connectivity index (χ2v) is 9.78. The van der Waals surface area contributed by atoms with Gasteiger partial charge in [0.1, 0.15) is 16.7 Å². The van der Waals surface area contributed by atoms with Gasteiger partial charge in [-0.05, 0) is 37.1 Å². The van der Waals surface area contributed by atoms with E-state index in [1.807, 2.05) is 74.5 Å². The predicted molar refractivity (Wildman–Crippen MR) is 146 cm³/mol. The van der Waals surface area contributed by atoms with Crippen LogP contribution in [-0.4, -0.2) is 30.9 Å². The minimum Gasteiger partial charge on any atom is -0.323 e. The van der Waals surface area contributed by atoms with Crippen molar-refractivity contribution in [1.82, 2.24) is 19.7 Å². The van der Waals surface area contributed by atoms with E-state index in [1.165, 1.54) is 17.8 Å². The summed E-state index contributed by atoms with van der Waals surface area (Å²) < 4.78 is 29.4. The number of benzene rings is 3. The third-order valence-electron chi connectivity index (χ3n) is 6.04. The van der Waals surface area contributed by atoms with Gasteiger partial charge in [0.25, 0.3) is 0 Å². The molecule has 5 aromatic rings. The average Bonchev–Trinajstić information content (AvgIpc) is 3.33. The quantitative estimate of drug-likeness (QED) is 0.176. The molecule has 0 aliphatic rings. The van der Waals surface area contributed by atoms with Crippen LogP contribution in [0.3, 0.4) is 0 Å². The van der Waals surface area contributed by atoms with Crippen molar-refractivity contribution in [3.05, 3.63) is 96.2 Å². The lowest BCUT2D eigenvalue weighted by molar-refractivity contribution is -0.115. The van der Waals surface area contributed by atoms with Crippen LogP contribution in [0.1, 0.15) is 26.0 Å². The number of anilines is 1. The molecule has 2 heterocycles. The Morgan fingerprint density at radius 2 is 1.68 bits per heavy atom. The minimum atomic E-state index is -0.827. The molecule has 0 spiro atoms. The van der Waals surface area contributed by atoms with E-state index >= 15 is 0 Å². The first-order valence-electron chi connectivity index (χ1n) is 12.3. The van der Waals surface area contributed by atoms with E-state index in [2.05, 4.69) is 5.32 Å². The highest BCUT2D eigenvalue weighted by atomic mass is 32.2. The van der Waals surface area contributed by atoms with Gasteiger partial charge in [0.15, 0.2) is 11.5 Å². The van der Waals surface area contributed by atoms with Crippen molar-refractivity contribution in [3.63, 3.8) is 0 Å². The summed E-state index contributed by atoms with van der Waals surface area (Å²) in [5.74, 6) is -1.42. The minimum absolute atomic E-state index is 0.0700. The van der Waals surface area contributed by atoms with E-state index in [0.29, 0.717) is 29.3 Å². The number of nitrogens with one attached hydrogen (secondary N) is 1. The first-order valence-corrected chi connectivity index (χ1v) is 13.2. The fourth-order valence-electron chi connectivity index (χ4n) is 4.11. The van der Waals surface area contributed by atoms with E-state index in [-0.39, 0.29) is 5.69 Å². The number of fused-ring (bicyclic) bond motifs is 1. The number of aryl methyl sites for hydroxylation is 1. The van der Waals surface area contributed by atoms with Crippen molar-refractivity contribution in [2.45, 2.75) is 37.0 Å². The number of nitrogens with zero attached hydrogens (tertiary/aromatic N) is 4. The maximum absolute atomic E-state index is 14.2. The normalized spacial score (nSPS) is 12.0. The third-order valence-corrected chi connectivity index (χ3v) is 7.39. The molecule has 1 amide bonds. The Balaban J connectivity index is 1.61. The molecule has 0 aliphatic heterocycles. The van der Waals surface area contributed by atoms with Gasteiger partial charge in [0.2, 0.25) is 5.91 Å². The summed E-state index contributed by atoms with van der Waals surface area (Å²) in [4.78, 5) is 23.0. The Hall–Kier alpha value is -4.11. The molecule has 0 fully saturated rings. The molecule has 0 unspecified atom stereocenters. The summed E-state index contributed by atoms with van der Waals surface area (Å²) in [5.41, 5.74) is 3.08. The number of para-hydroxylation sites is 1. The molecule has 5 rings (SSSR count). The number of aromatic nitrogens is 4. The number of hydrogen-bond acceptors (Lipinski definition) is 5. The van der Waals surface area contributed by atoms with Crippen molar-refractivity contribution in [3.8, 4) is 17.1 Å². The van der Waals surface area contributed by atoms with Crippen LogP contribution < -0.4 is 5.32 Å². The van der Waals surface area contributed by atoms with Gasteiger partial charge in [-0.25, -0.2) is 23.4 Å². The van der Waals surface area contributed by atoms with E-state index in [0.717, 1.165) is 34.5 Å². The van der Waals surface area contributed by atoms with E-state index in [1.54, 1.807) is 4.68 Å². The molecule has 0 aliphatic carbocycles. The number of halogens is 2. The van der Waals surface area contributed by atoms with Crippen LogP contribution >= 0.6 is 11.8 Å². The summed E-state index contributed by atoms with van der Waals surface area (Å²) in [7, 11) is 0. The number of carbonyl (C=O) groups is 1. The van der Waals surface area contributed by atoms with Crippen LogP contribution in [0.2, 0.25) is 0 Å². The fourth-order valence-corrected chi connectivity index (χ4v) is 5.18. The summed E-state index contributed by atoms with van der Waals surface area (Å²) in [6.45, 7) is 3.89. The molecule has 0 saturated carbocycles. The maximum atomic E-state index is 14.2. The first kappa shape index (κ1) is 25.5. The first-order chi connectivity index (χ1) is 18.5. The molecule has 192 valence electrons. The highest BCUT2D eigenvalue weighted by molar-refractivity contribution is 8.00. The molecular formula is C29H25F2N5OS. The van der Waals surface area contributed by atoms with Gasteiger partial charge in [-0.15, -0.1) is 0 Å². The van der Waals surface area contributed by atoms with Crippen molar-refractivity contribution in [1.29, 1.82) is 0 Å². The van der Waals surface area contributed by atoms with Gasteiger partial charge in [0, 0.05) is 11.6 Å². The van der Waals surface area contributed by atoms with Crippen molar-refractivity contribution in [2.75, 3.05) is 5.32 Å². The summed E-state index contributed by atoms with van der Waals surface area (Å²) in [6.07, 6.45) is 1.10. The molecule has 9 heteroatoms. The lowest BCUT2D eigenvalue weighted by atomic mass is 10.2. The number of amides is 1. The largest absolute Gasteiger partial charge is 0.323 e. The second-order valence-electron chi connectivity index (χ2n) is 8.59. The molecule has 3 aromatic carbocycles. The van der Waals surface area contributed by atoms with Gasteiger partial charge < -0.3 is 5.32 Å². The van der Waals surface area contributed by atoms with E-state index in [9.17, 15) is 13.6 Å². The SMILES string of the molecule is CCc1nn(-c2ccccc2)c2nc(-c3ccccc3)nc(S[C@H](CC)C(=O)Nc3ccc(F)cc3F)c12. The van der Waals surface area contributed by atoms with Crippen LogP contribution in [0.4, 0.5) is 14.5 Å². The number of thioether (sulfide) groups is 1. The zero-order chi connectivity index (χ0) is 26.6. The Morgan fingerprint density at radius 1 is 0.974 bits per heavy atom. The van der Waals surface area contributed by atoms with Crippen molar-refractivity contribution in [2.24, 2.45) is 0 Å². The van der Waals surface area contributed by atoms with Gasteiger partial charge in [-0.3, -0.25) is 4.79 Å². The average molecular weight is 530 g/mol. The topological polar surface area (TPSA) is 72.7 Å². The summed E-state index contributed by atoms with van der Waals surface area (Å²) in [6, 6.07) is 22.4. The smallest absolute Gasteiger partial charge is 0.237 e. The van der Waals surface area contributed by atoms with Crippen molar-refractivity contribution >= 4 is 34.4 Å². The Kier molecular flexibility index (Phi) is 7.46. The molecule has 1 atom stereocenters. The van der Waals surface area contributed by atoms with Crippen LogP contribution in [0.25, 0.3) is 28.1 Å². The second kappa shape index (κ2) is 11.1. The van der Waals surface area contributed by atoms with E-state index < -0.39 is 22.8 Å². The lowest BCUT2D eigenvalue weighted by Gasteiger charge is -2.16. The zero-order valence-corrected chi connectivity index (χ0v) is 21.7. The van der Waals surface area contributed by atoms with Crippen LogP contribution in [0, 0.1) is 11.6 Å². The van der Waals surface area contributed by atoms with Gasteiger partial charge in [-0.2, -0.15) is 5.10 Å². The van der Waals surface area contributed by atoms with Crippen LogP contribution in [0.15, 0.2) is 83.9 Å². The van der Waals surface area contributed by atoms with Gasteiger partial charge in [0.05, 0.1) is 27.7 Å². The van der Waals surface area contributed by atoms with Crippen LogP contribution in [-0.2, 0) is 11.2 Å². The number of hydrogen-bond donors (Lipinski definition) is 1. The molecule has 38 heavy (non-hydrogen) atoms. The summed E-state index contributed by atoms with van der Waals surface area (Å²) >= 11 is 1.29. The maximum Gasteiger partial charge on any atom is 0.237 e. The lowest BCUT2D eigenvalue weighted by Crippen LogP contribution is -2.25. The highest BCUT2D eigenvalue weighted by Crippen LogP contribution is 2.35. The Morgan fingerprint density at radius 3 is 2.34 bits per heavy atom. The molecule has 2 aromatic heterocycles. The molecule has 0 radical (unpaired) electrons. The predicted octanol–water partition coefficient (Wildman–Crippen LogP) is 6.83. The third kappa shape index (κ3) is 5.15. The van der Waals surface area contributed by atoms with Crippen molar-refractivity contribution < 1.29 is 13.6 Å². The highest BCUT2D eigenvalue weighted by Gasteiger charge is 2.25. The summed E-state index contributed by atoms with van der Waals surface area (Å²) in [5, 5.41) is 8.26. The monoisotopic (exact) mass is 529 g/mol. The fraction of sp³-hybridized carbons (Fsp3) is 0.172. The molecule has 1 N–H and O–H groups in total. The van der Waals surface area contributed by atoms with E-state index in [4.69, 9.17) is 15.1 Å². The molecule has 0 bridgehead atoms. The number of carbonyl (C=O) groups excluding carboxylic acids is 1. The Labute approximate surface area is 223 Å². The molecule has 6 nitrogen and oxygen atoms in total. The number of rotatable bonds is 8. The molecule has 0 saturated heterocycles. The van der Waals surface area contributed by atoms with Crippen LogP contribution in [0.5, 0.6) is 0 Å².